The highest BCUT2D eigenvalue weighted by atomic mass is 14.4. The summed E-state index contributed by atoms with van der Waals surface area (Å²) in [5, 5.41) is 17.0. The molecule has 0 amide bonds. The largest absolute Gasteiger partial charge is 0.198 e. The minimum atomic E-state index is -0.101. The van der Waals surface area contributed by atoms with Gasteiger partial charge in [-0.1, -0.05) is 6.42 Å². The third kappa shape index (κ3) is 1.11. The van der Waals surface area contributed by atoms with Crippen LogP contribution in [0.15, 0.2) is 0 Å². The molecular weight excluding hydrogens is 124 g/mol. The first-order valence-electron chi connectivity index (χ1n) is 3.61. The molecule has 0 unspecified atom stereocenters. The van der Waals surface area contributed by atoms with Crippen molar-refractivity contribution in [3.8, 4) is 12.1 Å². The van der Waals surface area contributed by atoms with Gasteiger partial charge in [0.25, 0.3) is 0 Å². The SMILES string of the molecule is N#CCCC1(C#N)CCC1. The quantitative estimate of drug-likeness (QED) is 0.579. The molecule has 2 heteroatoms. The van der Waals surface area contributed by atoms with Gasteiger partial charge in [0.2, 0.25) is 0 Å². The van der Waals surface area contributed by atoms with Crippen molar-refractivity contribution in [3.63, 3.8) is 0 Å². The first kappa shape index (κ1) is 7.09. The molecule has 0 atom stereocenters. The predicted molar refractivity (Wildman–Crippen MR) is 36.7 cm³/mol. The first-order chi connectivity index (χ1) is 4.83. The van der Waals surface area contributed by atoms with Crippen LogP contribution in [0.25, 0.3) is 0 Å². The molecule has 0 aromatic carbocycles. The lowest BCUT2D eigenvalue weighted by Gasteiger charge is -2.34. The predicted octanol–water partition coefficient (Wildman–Crippen LogP) is 1.98. The second-order valence-corrected chi connectivity index (χ2v) is 2.90. The molecular formula is C8H10N2. The van der Waals surface area contributed by atoms with E-state index in [1.165, 1.54) is 6.42 Å². The topological polar surface area (TPSA) is 47.6 Å². The van der Waals surface area contributed by atoms with E-state index in [2.05, 4.69) is 12.1 Å². The fourth-order valence-electron chi connectivity index (χ4n) is 1.32. The van der Waals surface area contributed by atoms with Gasteiger partial charge in [-0.25, -0.2) is 0 Å². The summed E-state index contributed by atoms with van der Waals surface area (Å²) >= 11 is 0. The maximum Gasteiger partial charge on any atom is 0.0690 e. The summed E-state index contributed by atoms with van der Waals surface area (Å²) in [5.41, 5.74) is -0.101. The van der Waals surface area contributed by atoms with Gasteiger partial charge in [-0.05, 0) is 19.3 Å². The Bertz CT molecular complexity index is 190. The Kier molecular flexibility index (Phi) is 1.92. The molecule has 1 saturated carbocycles. The van der Waals surface area contributed by atoms with Crippen molar-refractivity contribution in [2.45, 2.75) is 32.1 Å². The van der Waals surface area contributed by atoms with E-state index in [4.69, 9.17) is 10.5 Å². The third-order valence-corrected chi connectivity index (χ3v) is 2.26. The van der Waals surface area contributed by atoms with Crippen molar-refractivity contribution in [1.29, 1.82) is 10.5 Å². The van der Waals surface area contributed by atoms with Gasteiger partial charge in [-0.15, -0.1) is 0 Å². The minimum absolute atomic E-state index is 0.101. The van der Waals surface area contributed by atoms with E-state index in [1.54, 1.807) is 0 Å². The molecule has 0 aliphatic heterocycles. The van der Waals surface area contributed by atoms with E-state index in [1.807, 2.05) is 0 Å². The Morgan fingerprint density at radius 3 is 2.30 bits per heavy atom. The van der Waals surface area contributed by atoms with Crippen LogP contribution < -0.4 is 0 Å². The van der Waals surface area contributed by atoms with Crippen molar-refractivity contribution >= 4 is 0 Å². The summed E-state index contributed by atoms with van der Waals surface area (Å²) < 4.78 is 0. The molecule has 1 rings (SSSR count). The van der Waals surface area contributed by atoms with Gasteiger partial charge in [0.05, 0.1) is 17.6 Å². The van der Waals surface area contributed by atoms with E-state index < -0.39 is 0 Å². The zero-order chi connectivity index (χ0) is 7.45. The molecule has 1 fully saturated rings. The highest BCUT2D eigenvalue weighted by molar-refractivity contribution is 5.05. The van der Waals surface area contributed by atoms with Crippen LogP contribution in [-0.2, 0) is 0 Å². The van der Waals surface area contributed by atoms with Gasteiger partial charge in [-0.3, -0.25) is 0 Å². The summed E-state index contributed by atoms with van der Waals surface area (Å²) in [6.45, 7) is 0. The van der Waals surface area contributed by atoms with Crippen LogP contribution in [0, 0.1) is 28.1 Å². The molecule has 0 bridgehead atoms. The van der Waals surface area contributed by atoms with Crippen molar-refractivity contribution in [2.24, 2.45) is 5.41 Å². The average Bonchev–Trinajstić information content (AvgIpc) is 1.87. The van der Waals surface area contributed by atoms with Gasteiger partial charge < -0.3 is 0 Å². The van der Waals surface area contributed by atoms with Gasteiger partial charge >= 0.3 is 0 Å². The monoisotopic (exact) mass is 134 g/mol. The van der Waals surface area contributed by atoms with Crippen molar-refractivity contribution in [2.75, 3.05) is 0 Å². The fraction of sp³-hybridized carbons (Fsp3) is 0.750. The molecule has 52 valence electrons. The molecule has 0 aromatic rings. The average molecular weight is 134 g/mol. The van der Waals surface area contributed by atoms with Crippen LogP contribution in [0.2, 0.25) is 0 Å². The summed E-state index contributed by atoms with van der Waals surface area (Å²) in [6, 6.07) is 4.37. The molecule has 1 aliphatic carbocycles. The number of nitriles is 2. The van der Waals surface area contributed by atoms with Crippen LogP contribution in [0.4, 0.5) is 0 Å². The van der Waals surface area contributed by atoms with Crippen molar-refractivity contribution in [1.82, 2.24) is 0 Å². The van der Waals surface area contributed by atoms with Crippen molar-refractivity contribution in [3.05, 3.63) is 0 Å². The number of hydrogen-bond donors (Lipinski definition) is 0. The third-order valence-electron chi connectivity index (χ3n) is 2.26. The van der Waals surface area contributed by atoms with E-state index >= 15 is 0 Å². The Morgan fingerprint density at radius 1 is 1.30 bits per heavy atom. The lowest BCUT2D eigenvalue weighted by atomic mass is 9.67. The second-order valence-electron chi connectivity index (χ2n) is 2.90. The van der Waals surface area contributed by atoms with Gasteiger partial charge in [0, 0.05) is 6.42 Å². The molecule has 0 radical (unpaired) electrons. The van der Waals surface area contributed by atoms with Crippen LogP contribution in [0.3, 0.4) is 0 Å². The van der Waals surface area contributed by atoms with Crippen LogP contribution in [-0.4, -0.2) is 0 Å². The van der Waals surface area contributed by atoms with Crippen molar-refractivity contribution < 1.29 is 0 Å². The zero-order valence-electron chi connectivity index (χ0n) is 5.93. The summed E-state index contributed by atoms with van der Waals surface area (Å²) in [7, 11) is 0. The summed E-state index contributed by atoms with van der Waals surface area (Å²) in [5.74, 6) is 0. The molecule has 0 aromatic heterocycles. The summed E-state index contributed by atoms with van der Waals surface area (Å²) in [4.78, 5) is 0. The van der Waals surface area contributed by atoms with Gasteiger partial charge in [-0.2, -0.15) is 10.5 Å². The van der Waals surface area contributed by atoms with Crippen LogP contribution in [0.5, 0.6) is 0 Å². The molecule has 0 N–H and O–H groups in total. The smallest absolute Gasteiger partial charge is 0.0690 e. The molecule has 0 heterocycles. The zero-order valence-corrected chi connectivity index (χ0v) is 5.93. The number of nitrogens with zero attached hydrogens (tertiary/aromatic N) is 2. The van der Waals surface area contributed by atoms with E-state index in [9.17, 15) is 0 Å². The number of rotatable bonds is 2. The highest BCUT2D eigenvalue weighted by Gasteiger charge is 2.36. The van der Waals surface area contributed by atoms with E-state index in [0.717, 1.165) is 19.3 Å². The standard InChI is InChI=1S/C8H10N2/c9-6-2-5-8(7-10)3-1-4-8/h1-5H2. The minimum Gasteiger partial charge on any atom is -0.198 e. The maximum absolute atomic E-state index is 8.70. The van der Waals surface area contributed by atoms with Crippen LogP contribution in [0.1, 0.15) is 32.1 Å². The lowest BCUT2D eigenvalue weighted by Crippen LogP contribution is -2.26. The van der Waals surface area contributed by atoms with Crippen LogP contribution >= 0.6 is 0 Å². The van der Waals surface area contributed by atoms with E-state index in [-0.39, 0.29) is 5.41 Å². The Morgan fingerprint density at radius 2 is 2.00 bits per heavy atom. The first-order valence-corrected chi connectivity index (χ1v) is 3.61. The highest BCUT2D eigenvalue weighted by Crippen LogP contribution is 2.43. The Balaban J connectivity index is 2.37. The second kappa shape index (κ2) is 2.71. The molecule has 2 nitrogen and oxygen atoms in total. The van der Waals surface area contributed by atoms with Gasteiger partial charge in [0.1, 0.15) is 0 Å². The van der Waals surface area contributed by atoms with Gasteiger partial charge in [0.15, 0.2) is 0 Å². The number of hydrogen-bond acceptors (Lipinski definition) is 2. The molecule has 10 heavy (non-hydrogen) atoms. The molecule has 0 spiro atoms. The molecule has 0 saturated heterocycles. The fourth-order valence-corrected chi connectivity index (χ4v) is 1.32. The Labute approximate surface area is 61.1 Å². The molecule has 1 aliphatic rings. The maximum atomic E-state index is 8.70. The normalized spacial score (nSPS) is 20.2. The summed E-state index contributed by atoms with van der Waals surface area (Å²) in [6.07, 6.45) is 4.49. The van der Waals surface area contributed by atoms with E-state index in [0.29, 0.717) is 6.42 Å². The Hall–Kier alpha value is -1.02. The lowest BCUT2D eigenvalue weighted by molar-refractivity contribution is 0.200.